The Bertz CT molecular complexity index is 3570. The first-order chi connectivity index (χ1) is 60.6. The third-order valence-electron chi connectivity index (χ3n) is 23.7. The summed E-state index contributed by atoms with van der Waals surface area (Å²) >= 11 is 21.8. The minimum absolute atomic E-state index is 0. The van der Waals surface area contributed by atoms with Gasteiger partial charge in [-0.1, -0.05) is 448 Å². The SMILES string of the molecule is CCCCCCCCC(CCCCCC)C[n+]1ccc(-c2cc[n+](Cc3ccc([B]P=S)cc3)cc2)cc1.CCCCCCCCC(CCCCCC)C[n+]1ccc(-c2ccncc2)cc1.CCCCCCCCC(CCl)CCCCCC.CCCCCCCCC(CI)CCCCCC.S=P[B]c1ccc(CBr)cc1.[I-].[I-].[Na+].c1cc(-c2ccncc2)ccn1. The van der Waals surface area contributed by atoms with Crippen LogP contribution >= 0.6 is 64.6 Å². The van der Waals surface area contributed by atoms with Gasteiger partial charge >= 0.3 is 29.6 Å². The van der Waals surface area contributed by atoms with Crippen molar-refractivity contribution >= 4 is 113 Å². The summed E-state index contributed by atoms with van der Waals surface area (Å²) in [5, 5.41) is 0.916. The molecule has 6 aromatic heterocycles. The Balaban J connectivity index is 0.00000157. The van der Waals surface area contributed by atoms with Gasteiger partial charge in [-0.25, -0.2) is 13.7 Å². The summed E-state index contributed by atoms with van der Waals surface area (Å²) in [7, 11) is 1.78. The number of pyridine rings is 6. The fraction of sp³-hybridized carbons (Fsp3) is 0.611. The first-order valence-corrected chi connectivity index (χ1v) is 56.6. The second kappa shape index (κ2) is 91.2. The van der Waals surface area contributed by atoms with E-state index < -0.39 is 0 Å². The molecule has 2 aromatic carbocycles. The second-order valence-corrected chi connectivity index (χ2v) is 38.5. The summed E-state index contributed by atoms with van der Waals surface area (Å²) < 4.78 is 8.42. The minimum Gasteiger partial charge on any atom is -1.00 e. The van der Waals surface area contributed by atoms with Crippen molar-refractivity contribution in [1.29, 1.82) is 0 Å². The molecule has 126 heavy (non-hydrogen) atoms. The molecule has 8 aromatic rings. The standard InChI is InChI=1S/C33H47BN2PS.C26H41N2.C16H33Cl.C16H33I.C10H8N2.C7H6BBrPS.2HI.Na/c1-3-5-7-9-10-12-14-29(13-11-8-6-4-2)27-35-23-19-31(20-24-35)32-21-25-36(26-22-32)28-30-15-17-33(18-16-30)34-37-38;1-3-5-7-9-10-12-14-24(13-11-8-6-4-2)23-28-21-17-26(18-22-28)25-15-19-27-20-16-25;2*1-3-5-7-9-10-12-14-16(15-17)13-11-8-6-4-2;1-5-11-6-2-9(1)10-3-7-12-8-4-10;9-5-6-1-3-7(4-2-6)8-10-11;;;/h15-26,29H,3-14,27-28H2,1-2H3;15-22,24H,3-14,23H2,1-2H3;2*16H,3-15H2,1-2H3;1-8H;1-4H,5H2;2*1H;/q+2;+1;;;;;;;+1/p-2. The summed E-state index contributed by atoms with van der Waals surface area (Å²) in [4.78, 5) is 12.0. The van der Waals surface area contributed by atoms with Gasteiger partial charge in [-0.2, -0.15) is 0 Å². The summed E-state index contributed by atoms with van der Waals surface area (Å²) in [5.41, 5.74) is 12.4. The molecule has 0 fully saturated rings. The molecule has 0 N–H and O–H groups in total. The summed E-state index contributed by atoms with van der Waals surface area (Å²) in [5.74, 6) is 4.30. The van der Waals surface area contributed by atoms with Crippen molar-refractivity contribution in [2.45, 2.75) is 389 Å². The predicted octanol–water partition coefficient (Wildman–Crippen LogP) is 24.1. The number of unbranched alkanes of at least 4 members (excludes halogenated alkanes) is 32. The second-order valence-electron chi connectivity index (χ2n) is 34.5. The molecular weight excluding hydrogens is 2050 g/mol. The average molecular weight is 2220 g/mol. The van der Waals surface area contributed by atoms with Gasteiger partial charge < -0.3 is 48.0 Å². The van der Waals surface area contributed by atoms with Gasteiger partial charge in [0.2, 0.25) is 14.0 Å². The molecule has 2 radical (unpaired) electrons. The molecule has 18 heteroatoms. The molecule has 0 amide bonds. The molecule has 0 saturated heterocycles. The molecule has 0 saturated carbocycles. The number of halogens is 5. The van der Waals surface area contributed by atoms with Crippen molar-refractivity contribution in [3.05, 3.63) is 207 Å². The predicted molar refractivity (Wildman–Crippen MR) is 564 cm³/mol. The summed E-state index contributed by atoms with van der Waals surface area (Å²) in [6.45, 7) is 25.6. The van der Waals surface area contributed by atoms with Crippen LogP contribution in [0.25, 0.3) is 33.4 Å². The third kappa shape index (κ3) is 66.8. The van der Waals surface area contributed by atoms with E-state index in [9.17, 15) is 0 Å². The minimum atomic E-state index is 0. The molecule has 0 aliphatic heterocycles. The maximum absolute atomic E-state index is 6.04. The normalized spacial score (nSPS) is 11.6. The average Bonchev–Trinajstić information content (AvgIpc) is 0.853. The van der Waals surface area contributed by atoms with Crippen LogP contribution in [0.15, 0.2) is 196 Å². The number of hydrogen-bond acceptors (Lipinski definition) is 5. The molecule has 4 atom stereocenters. The van der Waals surface area contributed by atoms with Gasteiger partial charge in [-0.05, 0) is 139 Å². The zero-order valence-electron chi connectivity index (χ0n) is 80.4. The molecule has 4 unspecified atom stereocenters. The van der Waals surface area contributed by atoms with E-state index in [1.54, 1.807) is 24.8 Å². The van der Waals surface area contributed by atoms with E-state index in [-0.39, 0.29) is 77.5 Å². The van der Waals surface area contributed by atoms with Gasteiger partial charge in [0.1, 0.15) is 0 Å². The van der Waals surface area contributed by atoms with E-state index in [0.717, 1.165) is 69.0 Å². The van der Waals surface area contributed by atoms with Crippen LogP contribution in [0, 0.1) is 23.7 Å². The largest absolute Gasteiger partial charge is 1.00 e. The smallest absolute Gasteiger partial charge is 1.00 e. The molecule has 8 rings (SSSR count). The molecule has 6 heterocycles. The van der Waals surface area contributed by atoms with E-state index in [1.807, 2.05) is 50.7 Å². The molecule has 0 bridgehead atoms. The first-order valence-electron chi connectivity index (χ1n) is 49.4. The van der Waals surface area contributed by atoms with Crippen LogP contribution in [0.5, 0.6) is 0 Å². The van der Waals surface area contributed by atoms with Crippen LogP contribution in [-0.4, -0.2) is 39.3 Å². The van der Waals surface area contributed by atoms with Crippen LogP contribution in [0.2, 0.25) is 0 Å². The number of nitrogens with zero attached hydrogens (tertiary/aromatic N) is 6. The molecular formula is C108H168B2BrClI3N6NaP2S2+2. The summed E-state index contributed by atoms with van der Waals surface area (Å²) in [6.07, 6.45) is 91.7. The molecule has 692 valence electrons. The molecule has 6 nitrogen and oxygen atoms in total. The zero-order chi connectivity index (χ0) is 88.6. The van der Waals surface area contributed by atoms with Crippen LogP contribution in [0.3, 0.4) is 0 Å². The Labute approximate surface area is 872 Å². The van der Waals surface area contributed by atoms with Crippen LogP contribution < -0.4 is 102 Å². The van der Waals surface area contributed by atoms with Gasteiger partial charge in [0.15, 0.2) is 56.8 Å². The van der Waals surface area contributed by atoms with Crippen molar-refractivity contribution < 1.29 is 91.2 Å². The Kier molecular flexibility index (Phi) is 90.1. The molecule has 0 aliphatic rings. The fourth-order valence-electron chi connectivity index (χ4n) is 15.8. The van der Waals surface area contributed by atoms with Crippen molar-refractivity contribution in [2.75, 3.05) is 10.3 Å². The Morgan fingerprint density at radius 3 is 0.778 bits per heavy atom. The van der Waals surface area contributed by atoms with E-state index in [2.05, 4.69) is 257 Å². The van der Waals surface area contributed by atoms with Gasteiger partial charge in [0.05, 0.1) is 0 Å². The third-order valence-corrected chi connectivity index (χ3v) is 27.5. The van der Waals surface area contributed by atoms with Crippen LogP contribution in [-0.2, 0) is 48.6 Å². The first kappa shape index (κ1) is 124. The Morgan fingerprint density at radius 2 is 0.532 bits per heavy atom. The van der Waals surface area contributed by atoms with Crippen LogP contribution in [0.4, 0.5) is 0 Å². The fourth-order valence-corrected chi connectivity index (χ4v) is 18.7. The maximum atomic E-state index is 6.04. The van der Waals surface area contributed by atoms with Crippen molar-refractivity contribution in [3.8, 4) is 33.4 Å². The van der Waals surface area contributed by atoms with Gasteiger partial charge in [0.25, 0.3) is 0 Å². The topological polar surface area (TPSA) is 50.3 Å². The zero-order valence-corrected chi connectivity index (χ0v) is 94.6. The summed E-state index contributed by atoms with van der Waals surface area (Å²) in [6, 6.07) is 42.6. The van der Waals surface area contributed by atoms with Crippen LogP contribution in [0.1, 0.15) is 375 Å². The quantitative estimate of drug-likeness (QED) is 0.00950. The number of aromatic nitrogens is 6. The Morgan fingerprint density at radius 1 is 0.310 bits per heavy atom. The van der Waals surface area contributed by atoms with Crippen molar-refractivity contribution in [2.24, 2.45) is 23.7 Å². The van der Waals surface area contributed by atoms with Gasteiger partial charge in [-0.15, -0.1) is 11.6 Å². The Hall–Kier alpha value is -1.53. The number of benzene rings is 2. The van der Waals surface area contributed by atoms with Crippen molar-refractivity contribution in [1.82, 2.24) is 15.0 Å². The van der Waals surface area contributed by atoms with E-state index in [0.29, 0.717) is 0 Å². The number of alkyl halides is 3. The maximum Gasteiger partial charge on any atom is 1.00 e. The molecule has 0 spiro atoms. The number of hydrogen-bond donors (Lipinski definition) is 0. The number of rotatable bonds is 64. The monoisotopic (exact) mass is 2210 g/mol. The van der Waals surface area contributed by atoms with E-state index in [1.165, 1.54) is 368 Å². The van der Waals surface area contributed by atoms with E-state index in [4.69, 9.17) is 35.2 Å². The van der Waals surface area contributed by atoms with Gasteiger partial charge in [0, 0.05) is 107 Å². The van der Waals surface area contributed by atoms with Crippen molar-refractivity contribution in [3.63, 3.8) is 0 Å². The van der Waals surface area contributed by atoms with E-state index >= 15 is 0 Å². The molecule has 0 aliphatic carbocycles. The van der Waals surface area contributed by atoms with Gasteiger partial charge in [-0.3, -0.25) is 15.0 Å².